The van der Waals surface area contributed by atoms with Crippen molar-refractivity contribution in [2.24, 2.45) is 0 Å². The summed E-state index contributed by atoms with van der Waals surface area (Å²) in [5.74, 6) is -0.243. The number of esters is 1. The van der Waals surface area contributed by atoms with Crippen LogP contribution in [0.4, 0.5) is 5.69 Å². The molecule has 2 aromatic heterocycles. The Morgan fingerprint density at radius 2 is 2.00 bits per heavy atom. The van der Waals surface area contributed by atoms with E-state index in [0.717, 1.165) is 11.3 Å². The van der Waals surface area contributed by atoms with Gasteiger partial charge in [-0.05, 0) is 36.4 Å². The summed E-state index contributed by atoms with van der Waals surface area (Å²) in [5, 5.41) is 2.92. The molecule has 0 atom stereocenters. The minimum atomic E-state index is -0.576. The van der Waals surface area contributed by atoms with Crippen LogP contribution in [0.5, 0.6) is 10.9 Å². The smallest absolute Gasteiger partial charge is 0.351 e. The molecular weight excluding hydrogens is 368 g/mol. The fourth-order valence-corrected chi connectivity index (χ4v) is 2.92. The van der Waals surface area contributed by atoms with Gasteiger partial charge in [0, 0.05) is 5.69 Å². The molecule has 3 rings (SSSR count). The van der Waals surface area contributed by atoms with Gasteiger partial charge >= 0.3 is 5.97 Å². The predicted octanol–water partition coefficient (Wildman–Crippen LogP) is 4.22. The van der Waals surface area contributed by atoms with Crippen molar-refractivity contribution in [2.45, 2.75) is 0 Å². The minimum absolute atomic E-state index is 0.0224. The van der Waals surface area contributed by atoms with Crippen LogP contribution < -0.4 is 10.1 Å². The number of carbonyl (C=O) groups is 2. The third kappa shape index (κ3) is 3.98. The summed E-state index contributed by atoms with van der Waals surface area (Å²) < 4.78 is 15.2. The lowest BCUT2D eigenvalue weighted by atomic mass is 10.3. The standard InChI is InChI=1S/C16H11ClN2O5S/c1-22-15(21)12-13(17)19-16(25-12)24-10-6-4-9(5-7-10)18-14(20)11-3-2-8-23-11/h2-8H,1H3,(H,18,20). The Bertz CT molecular complexity index is 890. The van der Waals surface area contributed by atoms with Crippen LogP contribution in [0.3, 0.4) is 0 Å². The number of nitrogens with zero attached hydrogens (tertiary/aromatic N) is 1. The summed E-state index contributed by atoms with van der Waals surface area (Å²) in [4.78, 5) is 27.5. The van der Waals surface area contributed by atoms with Gasteiger partial charge < -0.3 is 19.2 Å². The first-order valence-corrected chi connectivity index (χ1v) is 8.13. The van der Waals surface area contributed by atoms with E-state index in [0.29, 0.717) is 11.4 Å². The van der Waals surface area contributed by atoms with Crippen LogP contribution >= 0.6 is 22.9 Å². The third-order valence-electron chi connectivity index (χ3n) is 3.00. The molecule has 0 spiro atoms. The third-order valence-corrected chi connectivity index (χ3v) is 4.30. The highest BCUT2D eigenvalue weighted by atomic mass is 35.5. The van der Waals surface area contributed by atoms with Crippen molar-refractivity contribution in [1.29, 1.82) is 0 Å². The average Bonchev–Trinajstić information content (AvgIpc) is 3.26. The molecule has 7 nitrogen and oxygen atoms in total. The van der Waals surface area contributed by atoms with Gasteiger partial charge in [0.25, 0.3) is 11.1 Å². The molecule has 2 heterocycles. The summed E-state index contributed by atoms with van der Waals surface area (Å²) in [5.41, 5.74) is 0.571. The number of nitrogens with one attached hydrogen (secondary N) is 1. The second kappa shape index (κ2) is 7.37. The molecule has 1 N–H and O–H groups in total. The molecule has 1 amide bonds. The van der Waals surface area contributed by atoms with E-state index in [-0.39, 0.29) is 26.9 Å². The SMILES string of the molecule is COC(=O)c1sc(Oc2ccc(NC(=O)c3ccco3)cc2)nc1Cl. The Hall–Kier alpha value is -2.84. The molecule has 0 aliphatic carbocycles. The molecular formula is C16H11ClN2O5S. The number of aromatic nitrogens is 1. The minimum Gasteiger partial charge on any atom is -0.465 e. The van der Waals surface area contributed by atoms with Crippen molar-refractivity contribution < 1.29 is 23.5 Å². The summed E-state index contributed by atoms with van der Waals surface area (Å²) in [6.45, 7) is 0. The van der Waals surface area contributed by atoms with Gasteiger partial charge in [-0.1, -0.05) is 22.9 Å². The van der Waals surface area contributed by atoms with Gasteiger partial charge in [-0.3, -0.25) is 4.79 Å². The Balaban J connectivity index is 1.67. The Morgan fingerprint density at radius 3 is 2.64 bits per heavy atom. The van der Waals surface area contributed by atoms with Gasteiger partial charge in [0.1, 0.15) is 5.75 Å². The second-order valence-corrected chi connectivity index (χ2v) is 5.97. The molecule has 0 aliphatic rings. The van der Waals surface area contributed by atoms with Crippen LogP contribution in [0, 0.1) is 0 Å². The number of amides is 1. The van der Waals surface area contributed by atoms with Gasteiger partial charge in [0.15, 0.2) is 15.8 Å². The van der Waals surface area contributed by atoms with Gasteiger partial charge in [-0.25, -0.2) is 4.79 Å². The van der Waals surface area contributed by atoms with Gasteiger partial charge in [0.05, 0.1) is 13.4 Å². The van der Waals surface area contributed by atoms with Crippen molar-refractivity contribution in [3.8, 4) is 10.9 Å². The second-order valence-electron chi connectivity index (χ2n) is 4.65. The molecule has 0 bridgehead atoms. The molecule has 1 aromatic carbocycles. The lowest BCUT2D eigenvalue weighted by Crippen LogP contribution is -2.10. The van der Waals surface area contributed by atoms with Crippen LogP contribution in [-0.2, 0) is 4.74 Å². The lowest BCUT2D eigenvalue weighted by Gasteiger charge is -2.05. The molecule has 0 saturated heterocycles. The zero-order valence-corrected chi connectivity index (χ0v) is 14.4. The normalized spacial score (nSPS) is 10.3. The maximum Gasteiger partial charge on any atom is 0.351 e. The zero-order valence-electron chi connectivity index (χ0n) is 12.8. The fraction of sp³-hybridized carbons (Fsp3) is 0.0625. The molecule has 9 heteroatoms. The molecule has 0 radical (unpaired) electrons. The van der Waals surface area contributed by atoms with Gasteiger partial charge in [0.2, 0.25) is 0 Å². The lowest BCUT2D eigenvalue weighted by molar-refractivity contribution is 0.0606. The molecule has 128 valence electrons. The highest BCUT2D eigenvalue weighted by molar-refractivity contribution is 7.15. The Labute approximate surface area is 151 Å². The van der Waals surface area contributed by atoms with Gasteiger partial charge in [-0.2, -0.15) is 4.98 Å². The molecule has 3 aromatic rings. The molecule has 0 aliphatic heterocycles. The highest BCUT2D eigenvalue weighted by Gasteiger charge is 2.18. The van der Waals surface area contributed by atoms with Crippen molar-refractivity contribution in [3.63, 3.8) is 0 Å². The van der Waals surface area contributed by atoms with Crippen LogP contribution in [0.2, 0.25) is 5.15 Å². The number of furan rings is 1. The van der Waals surface area contributed by atoms with Gasteiger partial charge in [-0.15, -0.1) is 0 Å². The molecule has 25 heavy (non-hydrogen) atoms. The maximum absolute atomic E-state index is 11.9. The van der Waals surface area contributed by atoms with E-state index >= 15 is 0 Å². The first-order valence-electron chi connectivity index (χ1n) is 6.94. The van der Waals surface area contributed by atoms with Crippen molar-refractivity contribution in [2.75, 3.05) is 12.4 Å². The largest absolute Gasteiger partial charge is 0.465 e. The number of carbonyl (C=O) groups excluding carboxylic acids is 2. The van der Waals surface area contributed by atoms with E-state index < -0.39 is 5.97 Å². The van der Waals surface area contributed by atoms with Crippen LogP contribution in [0.15, 0.2) is 47.1 Å². The molecule has 0 fully saturated rings. The summed E-state index contributed by atoms with van der Waals surface area (Å²) in [6, 6.07) is 9.81. The van der Waals surface area contributed by atoms with Crippen molar-refractivity contribution in [1.82, 2.24) is 4.98 Å². The van der Waals surface area contributed by atoms with Crippen molar-refractivity contribution >= 4 is 40.5 Å². The quantitative estimate of drug-likeness (QED) is 0.668. The number of halogens is 1. The first-order chi connectivity index (χ1) is 12.1. The zero-order chi connectivity index (χ0) is 17.8. The number of hydrogen-bond donors (Lipinski definition) is 1. The fourth-order valence-electron chi connectivity index (χ4n) is 1.85. The number of hydrogen-bond acceptors (Lipinski definition) is 7. The van der Waals surface area contributed by atoms with Crippen LogP contribution in [0.25, 0.3) is 0 Å². The predicted molar refractivity (Wildman–Crippen MR) is 91.6 cm³/mol. The summed E-state index contributed by atoms with van der Waals surface area (Å²) >= 11 is 6.86. The van der Waals surface area contributed by atoms with Crippen LogP contribution in [0.1, 0.15) is 20.2 Å². The number of benzene rings is 1. The summed E-state index contributed by atoms with van der Waals surface area (Å²) in [6.07, 6.45) is 1.42. The van der Waals surface area contributed by atoms with E-state index in [9.17, 15) is 9.59 Å². The number of thiazole rings is 1. The number of anilines is 1. The van der Waals surface area contributed by atoms with Crippen LogP contribution in [-0.4, -0.2) is 24.0 Å². The van der Waals surface area contributed by atoms with E-state index in [1.54, 1.807) is 36.4 Å². The van der Waals surface area contributed by atoms with E-state index in [2.05, 4.69) is 15.0 Å². The molecule has 0 saturated carbocycles. The molecule has 0 unspecified atom stereocenters. The highest BCUT2D eigenvalue weighted by Crippen LogP contribution is 2.32. The number of rotatable bonds is 5. The monoisotopic (exact) mass is 378 g/mol. The number of ether oxygens (including phenoxy) is 2. The maximum atomic E-state index is 11.9. The number of methoxy groups -OCH3 is 1. The van der Waals surface area contributed by atoms with E-state index in [4.69, 9.17) is 20.8 Å². The first kappa shape index (κ1) is 17.0. The van der Waals surface area contributed by atoms with E-state index in [1.807, 2.05) is 0 Å². The average molecular weight is 379 g/mol. The van der Waals surface area contributed by atoms with E-state index in [1.165, 1.54) is 13.4 Å². The summed E-state index contributed by atoms with van der Waals surface area (Å²) in [7, 11) is 1.26. The Morgan fingerprint density at radius 1 is 1.24 bits per heavy atom. The Kier molecular flexibility index (Phi) is 5.01. The topological polar surface area (TPSA) is 90.7 Å². The van der Waals surface area contributed by atoms with Crippen molar-refractivity contribution in [3.05, 3.63) is 58.5 Å².